The van der Waals surface area contributed by atoms with E-state index >= 15 is 0 Å². The molecule has 0 spiro atoms. The second-order valence-electron chi connectivity index (χ2n) is 5.09. The highest BCUT2D eigenvalue weighted by Crippen LogP contribution is 2.29. The number of hydrazine groups is 1. The van der Waals surface area contributed by atoms with Crippen LogP contribution < -0.4 is 16.2 Å². The van der Waals surface area contributed by atoms with E-state index in [9.17, 15) is 9.59 Å². The number of para-hydroxylation sites is 1. The molecular formula is C15H21N3O2. The van der Waals surface area contributed by atoms with E-state index in [1.165, 1.54) is 0 Å². The van der Waals surface area contributed by atoms with E-state index in [1.807, 2.05) is 37.3 Å². The Bertz CT molecular complexity index is 475. The van der Waals surface area contributed by atoms with Crippen LogP contribution in [0.4, 0.5) is 5.69 Å². The molecule has 2 rings (SSSR count). The number of benzene rings is 1. The number of rotatable bonds is 4. The van der Waals surface area contributed by atoms with E-state index in [2.05, 4.69) is 10.3 Å². The average molecular weight is 275 g/mol. The first kappa shape index (κ1) is 14.5. The Hall–Kier alpha value is -1.88. The van der Waals surface area contributed by atoms with E-state index in [0.29, 0.717) is 25.8 Å². The Labute approximate surface area is 119 Å². The highest BCUT2D eigenvalue weighted by atomic mass is 16.2. The van der Waals surface area contributed by atoms with Gasteiger partial charge in [0, 0.05) is 24.6 Å². The summed E-state index contributed by atoms with van der Waals surface area (Å²) in [6, 6.07) is 9.63. The van der Waals surface area contributed by atoms with Gasteiger partial charge in [-0.1, -0.05) is 25.1 Å². The van der Waals surface area contributed by atoms with Gasteiger partial charge in [0.2, 0.25) is 5.91 Å². The lowest BCUT2D eigenvalue weighted by Crippen LogP contribution is -2.51. The zero-order chi connectivity index (χ0) is 14.5. The summed E-state index contributed by atoms with van der Waals surface area (Å²) < 4.78 is 0. The predicted octanol–water partition coefficient (Wildman–Crippen LogP) is 1.24. The fourth-order valence-electron chi connectivity index (χ4n) is 2.79. The molecule has 1 saturated heterocycles. The maximum absolute atomic E-state index is 12.2. The SMILES string of the molecule is CCC(=O)C1CC(C(=O)NN)CCN1c1ccccc1. The Morgan fingerprint density at radius 3 is 2.65 bits per heavy atom. The molecule has 0 aliphatic carbocycles. The van der Waals surface area contributed by atoms with Crippen molar-refractivity contribution >= 4 is 17.4 Å². The van der Waals surface area contributed by atoms with Crippen LogP contribution in [-0.4, -0.2) is 24.3 Å². The molecule has 1 aliphatic rings. The fraction of sp³-hybridized carbons (Fsp3) is 0.467. The van der Waals surface area contributed by atoms with Gasteiger partial charge in [0.1, 0.15) is 0 Å². The molecule has 5 nitrogen and oxygen atoms in total. The first-order valence-corrected chi connectivity index (χ1v) is 7.02. The lowest BCUT2D eigenvalue weighted by Gasteiger charge is -2.39. The van der Waals surface area contributed by atoms with Crippen molar-refractivity contribution in [3.8, 4) is 0 Å². The molecule has 1 heterocycles. The molecule has 2 unspecified atom stereocenters. The summed E-state index contributed by atoms with van der Waals surface area (Å²) in [6.45, 7) is 2.55. The molecule has 108 valence electrons. The lowest BCUT2D eigenvalue weighted by molar-refractivity contribution is -0.127. The van der Waals surface area contributed by atoms with Gasteiger partial charge >= 0.3 is 0 Å². The second kappa shape index (κ2) is 6.52. The van der Waals surface area contributed by atoms with E-state index in [1.54, 1.807) is 0 Å². The van der Waals surface area contributed by atoms with Crippen LogP contribution in [0.1, 0.15) is 26.2 Å². The first-order valence-electron chi connectivity index (χ1n) is 7.02. The smallest absolute Gasteiger partial charge is 0.237 e. The van der Waals surface area contributed by atoms with Crippen molar-refractivity contribution < 1.29 is 9.59 Å². The third-order valence-corrected chi connectivity index (χ3v) is 3.92. The number of carbonyl (C=O) groups is 2. The highest BCUT2D eigenvalue weighted by Gasteiger charge is 2.35. The highest BCUT2D eigenvalue weighted by molar-refractivity contribution is 5.89. The Morgan fingerprint density at radius 1 is 1.35 bits per heavy atom. The molecule has 1 fully saturated rings. The van der Waals surface area contributed by atoms with Crippen molar-refractivity contribution in [2.24, 2.45) is 11.8 Å². The second-order valence-corrected chi connectivity index (χ2v) is 5.09. The molecule has 1 aromatic carbocycles. The molecule has 5 heteroatoms. The molecule has 20 heavy (non-hydrogen) atoms. The lowest BCUT2D eigenvalue weighted by atomic mass is 9.87. The van der Waals surface area contributed by atoms with Crippen molar-refractivity contribution in [3.63, 3.8) is 0 Å². The number of ketones is 1. The summed E-state index contributed by atoms with van der Waals surface area (Å²) in [5.74, 6) is 5.02. The molecule has 0 bridgehead atoms. The average Bonchev–Trinajstić information content (AvgIpc) is 2.53. The van der Waals surface area contributed by atoms with Crippen LogP contribution in [0, 0.1) is 5.92 Å². The quantitative estimate of drug-likeness (QED) is 0.492. The van der Waals surface area contributed by atoms with Crippen LogP contribution in [0.2, 0.25) is 0 Å². The molecule has 3 N–H and O–H groups in total. The summed E-state index contributed by atoms with van der Waals surface area (Å²) in [6.07, 6.45) is 1.72. The number of nitrogens with two attached hydrogens (primary N) is 1. The summed E-state index contributed by atoms with van der Waals surface area (Å²) in [5, 5.41) is 0. The van der Waals surface area contributed by atoms with Crippen molar-refractivity contribution in [1.82, 2.24) is 5.43 Å². The third-order valence-electron chi connectivity index (χ3n) is 3.92. The Kier molecular flexibility index (Phi) is 4.74. The van der Waals surface area contributed by atoms with Crippen molar-refractivity contribution in [2.45, 2.75) is 32.2 Å². The summed E-state index contributed by atoms with van der Waals surface area (Å²) in [4.78, 5) is 26.0. The number of Topliss-reactive ketones (excluding diaryl/α,β-unsaturated/α-hetero) is 1. The van der Waals surface area contributed by atoms with Crippen LogP contribution >= 0.6 is 0 Å². The molecule has 1 aliphatic heterocycles. The number of nitrogens with one attached hydrogen (secondary N) is 1. The molecule has 1 amide bonds. The maximum atomic E-state index is 12.2. The Balaban J connectivity index is 2.20. The van der Waals surface area contributed by atoms with Gasteiger partial charge in [0.15, 0.2) is 5.78 Å². The zero-order valence-electron chi connectivity index (χ0n) is 11.7. The number of piperidine rings is 1. The minimum Gasteiger partial charge on any atom is -0.361 e. The first-order chi connectivity index (χ1) is 9.67. The number of hydrogen-bond acceptors (Lipinski definition) is 4. The number of amides is 1. The van der Waals surface area contributed by atoms with E-state index in [-0.39, 0.29) is 23.7 Å². The predicted molar refractivity (Wildman–Crippen MR) is 77.9 cm³/mol. The zero-order valence-corrected chi connectivity index (χ0v) is 11.7. The van der Waals surface area contributed by atoms with Crippen LogP contribution in [0.25, 0.3) is 0 Å². The van der Waals surface area contributed by atoms with Crippen molar-refractivity contribution in [1.29, 1.82) is 0 Å². The summed E-state index contributed by atoms with van der Waals surface area (Å²) in [5.41, 5.74) is 3.23. The summed E-state index contributed by atoms with van der Waals surface area (Å²) in [7, 11) is 0. The number of hydrogen-bond donors (Lipinski definition) is 2. The molecular weight excluding hydrogens is 254 g/mol. The van der Waals surface area contributed by atoms with Gasteiger partial charge in [0.05, 0.1) is 6.04 Å². The van der Waals surface area contributed by atoms with Crippen molar-refractivity contribution in [3.05, 3.63) is 30.3 Å². The van der Waals surface area contributed by atoms with Gasteiger partial charge in [-0.05, 0) is 25.0 Å². The Morgan fingerprint density at radius 2 is 2.05 bits per heavy atom. The summed E-state index contributed by atoms with van der Waals surface area (Å²) >= 11 is 0. The maximum Gasteiger partial charge on any atom is 0.237 e. The number of anilines is 1. The molecule has 2 atom stereocenters. The monoisotopic (exact) mass is 275 g/mol. The van der Waals surface area contributed by atoms with E-state index < -0.39 is 0 Å². The van der Waals surface area contributed by atoms with Crippen LogP contribution in [0.15, 0.2) is 30.3 Å². The molecule has 0 aromatic heterocycles. The van der Waals surface area contributed by atoms with E-state index in [0.717, 1.165) is 5.69 Å². The standard InChI is InChI=1S/C15H21N3O2/c1-2-14(19)13-10-11(15(20)17-16)8-9-18(13)12-6-4-3-5-7-12/h3-7,11,13H,2,8-10,16H2,1H3,(H,17,20). The fourth-order valence-corrected chi connectivity index (χ4v) is 2.79. The molecule has 0 saturated carbocycles. The van der Waals surface area contributed by atoms with Crippen LogP contribution in [0.5, 0.6) is 0 Å². The van der Waals surface area contributed by atoms with Gasteiger partial charge in [0.25, 0.3) is 0 Å². The van der Waals surface area contributed by atoms with Gasteiger partial charge in [-0.2, -0.15) is 0 Å². The topological polar surface area (TPSA) is 75.4 Å². The number of carbonyl (C=O) groups excluding carboxylic acids is 2. The minimum absolute atomic E-state index is 0.170. The largest absolute Gasteiger partial charge is 0.361 e. The third kappa shape index (κ3) is 2.99. The van der Waals surface area contributed by atoms with Gasteiger partial charge < -0.3 is 4.90 Å². The normalized spacial score (nSPS) is 22.4. The van der Waals surface area contributed by atoms with Crippen LogP contribution in [0.3, 0.4) is 0 Å². The van der Waals surface area contributed by atoms with Gasteiger partial charge in [-0.3, -0.25) is 15.0 Å². The minimum atomic E-state index is -0.238. The van der Waals surface area contributed by atoms with Gasteiger partial charge in [-0.25, -0.2) is 5.84 Å². The number of nitrogens with zero attached hydrogens (tertiary/aromatic N) is 1. The molecule has 0 radical (unpaired) electrons. The van der Waals surface area contributed by atoms with Gasteiger partial charge in [-0.15, -0.1) is 0 Å². The molecule has 1 aromatic rings. The van der Waals surface area contributed by atoms with Crippen LogP contribution in [-0.2, 0) is 9.59 Å². The van der Waals surface area contributed by atoms with Crippen molar-refractivity contribution in [2.75, 3.05) is 11.4 Å². The van der Waals surface area contributed by atoms with E-state index in [4.69, 9.17) is 5.84 Å².